The Morgan fingerprint density at radius 3 is 2.64 bits per heavy atom. The van der Waals surface area contributed by atoms with Gasteiger partial charge in [-0.3, -0.25) is 0 Å². The molecule has 14 heavy (non-hydrogen) atoms. The van der Waals surface area contributed by atoms with Gasteiger partial charge in [-0.1, -0.05) is 27.2 Å². The third kappa shape index (κ3) is 2.71. The van der Waals surface area contributed by atoms with Crippen molar-refractivity contribution in [3.63, 3.8) is 0 Å². The molecular formula is C11H20N2S. The van der Waals surface area contributed by atoms with Gasteiger partial charge in [0.15, 0.2) is 0 Å². The summed E-state index contributed by atoms with van der Waals surface area (Å²) in [6, 6.07) is 0. The van der Waals surface area contributed by atoms with Crippen LogP contribution in [0.25, 0.3) is 0 Å². The van der Waals surface area contributed by atoms with E-state index in [0.29, 0.717) is 5.92 Å². The van der Waals surface area contributed by atoms with Gasteiger partial charge >= 0.3 is 0 Å². The van der Waals surface area contributed by atoms with Gasteiger partial charge in [-0.2, -0.15) is 0 Å². The molecule has 1 rings (SSSR count). The molecule has 2 N–H and O–H groups in total. The number of anilines is 1. The highest BCUT2D eigenvalue weighted by Gasteiger charge is 2.13. The molecule has 0 saturated carbocycles. The molecule has 1 aromatic heterocycles. The zero-order valence-electron chi connectivity index (χ0n) is 9.34. The van der Waals surface area contributed by atoms with E-state index in [1.165, 1.54) is 17.8 Å². The molecule has 0 radical (unpaired) electrons. The summed E-state index contributed by atoms with van der Waals surface area (Å²) in [5.41, 5.74) is 7.08. The molecule has 0 aliphatic rings. The maximum atomic E-state index is 5.96. The Morgan fingerprint density at radius 1 is 1.36 bits per heavy atom. The fourth-order valence-corrected chi connectivity index (χ4v) is 2.69. The molecule has 3 heteroatoms. The monoisotopic (exact) mass is 212 g/mol. The topological polar surface area (TPSA) is 38.9 Å². The summed E-state index contributed by atoms with van der Waals surface area (Å²) in [5.74, 6) is 0.516. The van der Waals surface area contributed by atoms with Gasteiger partial charge in [-0.25, -0.2) is 4.98 Å². The first-order valence-corrected chi connectivity index (χ1v) is 6.25. The fourth-order valence-electron chi connectivity index (χ4n) is 1.64. The van der Waals surface area contributed by atoms with Crippen molar-refractivity contribution in [2.24, 2.45) is 0 Å². The lowest BCUT2D eigenvalue weighted by Crippen LogP contribution is -1.97. The van der Waals surface area contributed by atoms with Crippen LogP contribution in [-0.4, -0.2) is 4.98 Å². The number of nitrogens with two attached hydrogens (primary N) is 1. The second-order valence-corrected chi connectivity index (χ2v) is 4.91. The maximum absolute atomic E-state index is 5.96. The molecule has 1 heterocycles. The minimum atomic E-state index is 0.516. The molecule has 80 valence electrons. The predicted octanol–water partition coefficient (Wildman–Crippen LogP) is 3.58. The molecule has 0 fully saturated rings. The van der Waals surface area contributed by atoms with Crippen LogP contribution < -0.4 is 5.73 Å². The van der Waals surface area contributed by atoms with Crippen molar-refractivity contribution in [1.82, 2.24) is 4.98 Å². The lowest BCUT2D eigenvalue weighted by molar-refractivity contribution is 0.650. The fraction of sp³-hybridized carbons (Fsp3) is 0.727. The van der Waals surface area contributed by atoms with Gasteiger partial charge < -0.3 is 5.73 Å². The van der Waals surface area contributed by atoms with Crippen LogP contribution in [0.4, 0.5) is 5.00 Å². The van der Waals surface area contributed by atoms with Gasteiger partial charge in [0.1, 0.15) is 5.00 Å². The first-order chi connectivity index (χ1) is 6.69. The molecule has 0 amide bonds. The van der Waals surface area contributed by atoms with Gasteiger partial charge in [-0.15, -0.1) is 11.3 Å². The van der Waals surface area contributed by atoms with Gasteiger partial charge in [0.25, 0.3) is 0 Å². The standard InChI is InChI=1S/C11H20N2S/c1-4-6-8(3)10-11(12)14-9(13-10)7-5-2/h8H,4-7,12H2,1-3H3. The number of nitrogen functional groups attached to an aromatic ring is 1. The van der Waals surface area contributed by atoms with Crippen molar-refractivity contribution in [3.8, 4) is 0 Å². The number of aromatic nitrogens is 1. The van der Waals surface area contributed by atoms with Crippen molar-refractivity contribution in [2.45, 2.75) is 52.4 Å². The molecule has 1 unspecified atom stereocenters. The molecule has 1 aromatic rings. The Balaban J connectivity index is 2.75. The molecule has 0 aliphatic carbocycles. The van der Waals surface area contributed by atoms with Crippen LogP contribution in [0.15, 0.2) is 0 Å². The summed E-state index contributed by atoms with van der Waals surface area (Å²) >= 11 is 1.66. The Kier molecular flexibility index (Phi) is 4.39. The van der Waals surface area contributed by atoms with E-state index < -0.39 is 0 Å². The van der Waals surface area contributed by atoms with Gasteiger partial charge in [0.2, 0.25) is 0 Å². The number of hydrogen-bond acceptors (Lipinski definition) is 3. The summed E-state index contributed by atoms with van der Waals surface area (Å²) < 4.78 is 0. The largest absolute Gasteiger partial charge is 0.389 e. The molecular weight excluding hydrogens is 192 g/mol. The Hall–Kier alpha value is -0.570. The van der Waals surface area contributed by atoms with E-state index in [1.807, 2.05) is 0 Å². The summed E-state index contributed by atoms with van der Waals surface area (Å²) in [6.07, 6.45) is 4.59. The lowest BCUT2D eigenvalue weighted by atomic mass is 10.0. The lowest BCUT2D eigenvalue weighted by Gasteiger charge is -2.06. The quantitative estimate of drug-likeness (QED) is 0.810. The third-order valence-electron chi connectivity index (χ3n) is 2.38. The highest BCUT2D eigenvalue weighted by molar-refractivity contribution is 7.15. The van der Waals surface area contributed by atoms with Crippen LogP contribution in [0.1, 0.15) is 56.7 Å². The van der Waals surface area contributed by atoms with E-state index in [1.54, 1.807) is 11.3 Å². The summed E-state index contributed by atoms with van der Waals surface area (Å²) in [4.78, 5) is 4.61. The molecule has 2 nitrogen and oxygen atoms in total. The Bertz CT molecular complexity index is 281. The van der Waals surface area contributed by atoms with Crippen molar-refractivity contribution in [1.29, 1.82) is 0 Å². The SMILES string of the molecule is CCCc1nc(C(C)CCC)c(N)s1. The van der Waals surface area contributed by atoms with E-state index in [0.717, 1.165) is 23.5 Å². The van der Waals surface area contributed by atoms with E-state index >= 15 is 0 Å². The first-order valence-electron chi connectivity index (χ1n) is 5.44. The zero-order valence-corrected chi connectivity index (χ0v) is 10.2. The highest BCUT2D eigenvalue weighted by atomic mass is 32.1. The Labute approximate surface area is 90.6 Å². The number of hydrogen-bond donors (Lipinski definition) is 1. The van der Waals surface area contributed by atoms with E-state index in [2.05, 4.69) is 25.8 Å². The molecule has 0 saturated heterocycles. The van der Waals surface area contributed by atoms with Crippen LogP contribution in [-0.2, 0) is 6.42 Å². The predicted molar refractivity (Wildman–Crippen MR) is 63.8 cm³/mol. The van der Waals surface area contributed by atoms with Crippen molar-refractivity contribution < 1.29 is 0 Å². The summed E-state index contributed by atoms with van der Waals surface area (Å²) in [7, 11) is 0. The third-order valence-corrected chi connectivity index (χ3v) is 3.34. The number of thiazole rings is 1. The molecule has 0 spiro atoms. The molecule has 0 bridgehead atoms. The molecule has 0 aliphatic heterocycles. The van der Waals surface area contributed by atoms with Crippen molar-refractivity contribution in [3.05, 3.63) is 10.7 Å². The number of nitrogens with zero attached hydrogens (tertiary/aromatic N) is 1. The minimum absolute atomic E-state index is 0.516. The van der Waals surface area contributed by atoms with Crippen molar-refractivity contribution in [2.75, 3.05) is 5.73 Å². The van der Waals surface area contributed by atoms with Gasteiger partial charge in [0.05, 0.1) is 10.7 Å². The zero-order chi connectivity index (χ0) is 10.6. The van der Waals surface area contributed by atoms with Crippen molar-refractivity contribution >= 4 is 16.3 Å². The van der Waals surface area contributed by atoms with Gasteiger partial charge in [0, 0.05) is 5.92 Å². The number of aryl methyl sites for hydroxylation is 1. The second-order valence-electron chi connectivity index (χ2n) is 3.80. The first kappa shape index (κ1) is 11.5. The van der Waals surface area contributed by atoms with Crippen LogP contribution >= 0.6 is 11.3 Å². The average molecular weight is 212 g/mol. The summed E-state index contributed by atoms with van der Waals surface area (Å²) in [6.45, 7) is 6.59. The van der Waals surface area contributed by atoms with Gasteiger partial charge in [-0.05, 0) is 19.3 Å². The number of rotatable bonds is 5. The normalized spacial score (nSPS) is 13.1. The smallest absolute Gasteiger partial charge is 0.110 e. The minimum Gasteiger partial charge on any atom is -0.389 e. The molecule has 0 aromatic carbocycles. The molecule has 1 atom stereocenters. The van der Waals surface area contributed by atoms with Crippen LogP contribution in [0.3, 0.4) is 0 Å². The van der Waals surface area contributed by atoms with E-state index in [9.17, 15) is 0 Å². The average Bonchev–Trinajstić information content (AvgIpc) is 2.48. The summed E-state index contributed by atoms with van der Waals surface area (Å²) in [5, 5.41) is 2.12. The maximum Gasteiger partial charge on any atom is 0.110 e. The van der Waals surface area contributed by atoms with Crippen LogP contribution in [0.5, 0.6) is 0 Å². The second kappa shape index (κ2) is 5.35. The van der Waals surface area contributed by atoms with Crippen LogP contribution in [0, 0.1) is 0 Å². The Morgan fingerprint density at radius 2 is 2.07 bits per heavy atom. The highest BCUT2D eigenvalue weighted by Crippen LogP contribution is 2.30. The van der Waals surface area contributed by atoms with E-state index in [-0.39, 0.29) is 0 Å². The van der Waals surface area contributed by atoms with E-state index in [4.69, 9.17) is 5.73 Å². The van der Waals surface area contributed by atoms with Crippen LogP contribution in [0.2, 0.25) is 0 Å².